The average molecular weight is 383 g/mol. The van der Waals surface area contributed by atoms with Gasteiger partial charge in [0.15, 0.2) is 0 Å². The van der Waals surface area contributed by atoms with Crippen LogP contribution in [0.5, 0.6) is 5.75 Å². The highest BCUT2D eigenvalue weighted by atomic mass is 32.1. The summed E-state index contributed by atoms with van der Waals surface area (Å²) >= 11 is 1.29. The second-order valence-corrected chi connectivity index (χ2v) is 7.84. The third-order valence-corrected chi connectivity index (χ3v) is 6.23. The first kappa shape index (κ1) is 17.7. The fourth-order valence-corrected chi connectivity index (χ4v) is 4.59. The van der Waals surface area contributed by atoms with E-state index >= 15 is 0 Å². The number of aromatic amines is 1. The second kappa shape index (κ2) is 7.15. The lowest BCUT2D eigenvalue weighted by Crippen LogP contribution is -2.41. The molecule has 7 heteroatoms. The van der Waals surface area contributed by atoms with Gasteiger partial charge in [0.2, 0.25) is 0 Å². The largest absolute Gasteiger partial charge is 0.490 e. The minimum atomic E-state index is -0.196. The highest BCUT2D eigenvalue weighted by Crippen LogP contribution is 2.29. The Balaban J connectivity index is 1.46. The smallest absolute Gasteiger partial charge is 0.264 e. The van der Waals surface area contributed by atoms with E-state index in [-0.39, 0.29) is 17.6 Å². The Morgan fingerprint density at radius 1 is 1.26 bits per heavy atom. The van der Waals surface area contributed by atoms with Gasteiger partial charge in [-0.05, 0) is 31.0 Å². The van der Waals surface area contributed by atoms with Gasteiger partial charge < -0.3 is 14.6 Å². The molecule has 1 aromatic carbocycles. The van der Waals surface area contributed by atoms with Crippen LogP contribution in [0.3, 0.4) is 0 Å². The molecule has 1 fully saturated rings. The molecule has 6 nitrogen and oxygen atoms in total. The number of hydrogen-bond acceptors (Lipinski definition) is 5. The molecule has 1 N–H and O–H groups in total. The summed E-state index contributed by atoms with van der Waals surface area (Å²) < 4.78 is 6.12. The average Bonchev–Trinajstić information content (AvgIpc) is 3.01. The molecule has 3 aromatic rings. The number of benzene rings is 1. The Morgan fingerprint density at radius 3 is 2.70 bits per heavy atom. The van der Waals surface area contributed by atoms with E-state index in [1.165, 1.54) is 17.7 Å². The highest BCUT2D eigenvalue weighted by molar-refractivity contribution is 7.20. The molecule has 0 aliphatic carbocycles. The fourth-order valence-electron chi connectivity index (χ4n) is 3.47. The van der Waals surface area contributed by atoms with Crippen LogP contribution >= 0.6 is 11.3 Å². The summed E-state index contributed by atoms with van der Waals surface area (Å²) in [6.45, 7) is 5.14. The van der Waals surface area contributed by atoms with E-state index in [0.29, 0.717) is 33.7 Å². The maximum absolute atomic E-state index is 13.0. The number of likely N-dealkylation sites (tertiary alicyclic amines) is 1. The number of aromatic nitrogens is 2. The molecule has 1 amide bonds. The number of H-pyrrole nitrogens is 1. The van der Waals surface area contributed by atoms with Crippen LogP contribution in [0.2, 0.25) is 0 Å². The van der Waals surface area contributed by atoms with Crippen molar-refractivity contribution in [3.05, 3.63) is 57.0 Å². The lowest BCUT2D eigenvalue weighted by Gasteiger charge is -2.32. The zero-order chi connectivity index (χ0) is 19.0. The number of hydrogen-bond donors (Lipinski definition) is 1. The number of thiophene rings is 1. The Bertz CT molecular complexity index is 1050. The van der Waals surface area contributed by atoms with Crippen LogP contribution in [-0.4, -0.2) is 40.0 Å². The number of nitrogens with zero attached hydrogens (tertiary/aromatic N) is 2. The van der Waals surface area contributed by atoms with Crippen molar-refractivity contribution in [3.8, 4) is 5.75 Å². The number of carbonyl (C=O) groups is 1. The molecule has 0 atom stereocenters. The molecule has 0 bridgehead atoms. The summed E-state index contributed by atoms with van der Waals surface area (Å²) in [6, 6.07) is 7.99. The van der Waals surface area contributed by atoms with Crippen LogP contribution in [-0.2, 0) is 0 Å². The number of ether oxygens (including phenoxy) is 1. The van der Waals surface area contributed by atoms with Crippen LogP contribution < -0.4 is 10.3 Å². The highest BCUT2D eigenvalue weighted by Gasteiger charge is 2.28. The standard InChI is InChI=1S/C20H21N3O3S/c1-12-5-3-4-6-15(12)26-14-7-9-23(10-8-14)20(25)17-13(2)16-18(24)21-11-22-19(16)27-17/h3-6,11,14H,7-10H2,1-2H3,(H,21,22,24). The van der Waals surface area contributed by atoms with Crippen LogP contribution in [0.25, 0.3) is 10.2 Å². The van der Waals surface area contributed by atoms with Crippen molar-refractivity contribution in [3.63, 3.8) is 0 Å². The van der Waals surface area contributed by atoms with Gasteiger partial charge in [-0.15, -0.1) is 11.3 Å². The topological polar surface area (TPSA) is 75.3 Å². The normalized spacial score (nSPS) is 15.3. The van der Waals surface area contributed by atoms with Crippen LogP contribution in [0.4, 0.5) is 0 Å². The number of aryl methyl sites for hydroxylation is 2. The monoisotopic (exact) mass is 383 g/mol. The Morgan fingerprint density at radius 2 is 2.00 bits per heavy atom. The molecule has 3 heterocycles. The summed E-state index contributed by atoms with van der Waals surface area (Å²) in [5.74, 6) is 0.886. The number of fused-ring (bicyclic) bond motifs is 1. The maximum atomic E-state index is 13.0. The number of nitrogens with one attached hydrogen (secondary N) is 1. The zero-order valence-corrected chi connectivity index (χ0v) is 16.1. The van der Waals surface area contributed by atoms with Crippen molar-refractivity contribution in [2.45, 2.75) is 32.8 Å². The van der Waals surface area contributed by atoms with E-state index in [2.05, 4.69) is 9.97 Å². The van der Waals surface area contributed by atoms with E-state index in [4.69, 9.17) is 4.74 Å². The Kier molecular flexibility index (Phi) is 4.70. The van der Waals surface area contributed by atoms with E-state index in [1.54, 1.807) is 0 Å². The molecule has 27 heavy (non-hydrogen) atoms. The molecule has 4 rings (SSSR count). The summed E-state index contributed by atoms with van der Waals surface area (Å²) in [6.07, 6.45) is 3.08. The summed E-state index contributed by atoms with van der Waals surface area (Å²) in [5.41, 5.74) is 1.64. The number of piperidine rings is 1. The van der Waals surface area contributed by atoms with Crippen molar-refractivity contribution in [1.29, 1.82) is 0 Å². The summed E-state index contributed by atoms with van der Waals surface area (Å²) in [5, 5.41) is 0.517. The minimum absolute atomic E-state index is 0.0239. The maximum Gasteiger partial charge on any atom is 0.264 e. The molecule has 1 aliphatic rings. The van der Waals surface area contributed by atoms with Crippen LogP contribution in [0, 0.1) is 13.8 Å². The number of carbonyl (C=O) groups excluding carboxylic acids is 1. The van der Waals surface area contributed by atoms with Gasteiger partial charge in [-0.3, -0.25) is 9.59 Å². The van der Waals surface area contributed by atoms with Gasteiger partial charge in [-0.1, -0.05) is 18.2 Å². The van der Waals surface area contributed by atoms with Crippen molar-refractivity contribution < 1.29 is 9.53 Å². The Labute approximate surface area is 160 Å². The van der Waals surface area contributed by atoms with Crippen molar-refractivity contribution in [2.75, 3.05) is 13.1 Å². The third-order valence-electron chi connectivity index (χ3n) is 5.04. The SMILES string of the molecule is Cc1ccccc1OC1CCN(C(=O)c2sc3nc[nH]c(=O)c3c2C)CC1. The summed E-state index contributed by atoms with van der Waals surface area (Å²) in [4.78, 5) is 34.8. The van der Waals surface area contributed by atoms with Gasteiger partial charge in [0.1, 0.15) is 16.7 Å². The van der Waals surface area contributed by atoms with E-state index in [1.807, 2.05) is 43.0 Å². The molecule has 1 saturated heterocycles. The molecule has 0 saturated carbocycles. The predicted octanol–water partition coefficient (Wildman–Crippen LogP) is 3.29. The molecular formula is C20H21N3O3S. The van der Waals surface area contributed by atoms with Gasteiger partial charge in [-0.25, -0.2) is 4.98 Å². The lowest BCUT2D eigenvalue weighted by atomic mass is 10.1. The lowest BCUT2D eigenvalue weighted by molar-refractivity contribution is 0.0598. The summed E-state index contributed by atoms with van der Waals surface area (Å²) in [7, 11) is 0. The van der Waals surface area contributed by atoms with Gasteiger partial charge >= 0.3 is 0 Å². The first-order valence-corrected chi connectivity index (χ1v) is 9.84. The molecule has 0 spiro atoms. The molecule has 140 valence electrons. The molecular weight excluding hydrogens is 362 g/mol. The van der Waals surface area contributed by atoms with E-state index < -0.39 is 0 Å². The molecule has 1 aliphatic heterocycles. The van der Waals surface area contributed by atoms with Crippen LogP contribution in [0.15, 0.2) is 35.4 Å². The van der Waals surface area contributed by atoms with E-state index in [0.717, 1.165) is 24.2 Å². The van der Waals surface area contributed by atoms with Crippen molar-refractivity contribution in [1.82, 2.24) is 14.9 Å². The van der Waals surface area contributed by atoms with Gasteiger partial charge in [0, 0.05) is 25.9 Å². The first-order chi connectivity index (χ1) is 13.0. The van der Waals surface area contributed by atoms with Crippen LogP contribution in [0.1, 0.15) is 33.6 Å². The van der Waals surface area contributed by atoms with Gasteiger partial charge in [0.25, 0.3) is 11.5 Å². The fraction of sp³-hybridized carbons (Fsp3) is 0.350. The molecule has 0 radical (unpaired) electrons. The van der Waals surface area contributed by atoms with Crippen molar-refractivity contribution >= 4 is 27.5 Å². The molecule has 2 aromatic heterocycles. The van der Waals surface area contributed by atoms with E-state index in [9.17, 15) is 9.59 Å². The quantitative estimate of drug-likeness (QED) is 0.753. The molecule has 0 unspecified atom stereocenters. The first-order valence-electron chi connectivity index (χ1n) is 9.03. The predicted molar refractivity (Wildman–Crippen MR) is 106 cm³/mol. The number of para-hydroxylation sites is 1. The Hall–Kier alpha value is -2.67. The third kappa shape index (κ3) is 3.35. The van der Waals surface area contributed by atoms with Gasteiger partial charge in [0.05, 0.1) is 16.6 Å². The zero-order valence-electron chi connectivity index (χ0n) is 15.3. The van der Waals surface area contributed by atoms with Gasteiger partial charge in [-0.2, -0.15) is 0 Å². The minimum Gasteiger partial charge on any atom is -0.490 e. The number of amides is 1. The number of rotatable bonds is 3. The second-order valence-electron chi connectivity index (χ2n) is 6.84. The van der Waals surface area contributed by atoms with Crippen molar-refractivity contribution in [2.24, 2.45) is 0 Å².